The van der Waals surface area contributed by atoms with Gasteiger partial charge in [0, 0.05) is 6.20 Å². The molecular formula is C13H16N2O3. The van der Waals surface area contributed by atoms with Gasteiger partial charge in [0.15, 0.2) is 0 Å². The minimum absolute atomic E-state index is 0.252. The van der Waals surface area contributed by atoms with Crippen molar-refractivity contribution in [2.75, 3.05) is 12.4 Å². The van der Waals surface area contributed by atoms with Crippen LogP contribution in [0.5, 0.6) is 0 Å². The van der Waals surface area contributed by atoms with E-state index in [1.165, 1.54) is 7.11 Å². The number of ether oxygens (including phenoxy) is 2. The van der Waals surface area contributed by atoms with E-state index >= 15 is 0 Å². The molecule has 96 valence electrons. The monoisotopic (exact) mass is 248 g/mol. The third-order valence-corrected chi connectivity index (χ3v) is 3.64. The summed E-state index contributed by atoms with van der Waals surface area (Å²) in [5.74, 6) is 0.222. The summed E-state index contributed by atoms with van der Waals surface area (Å²) in [6, 6.07) is 3.70. The lowest BCUT2D eigenvalue weighted by atomic mass is 9.95. The Kier molecular flexibility index (Phi) is 2.91. The first kappa shape index (κ1) is 11.5. The molecule has 0 spiro atoms. The molecule has 3 atom stereocenters. The number of methoxy groups -OCH3 is 1. The highest BCUT2D eigenvalue weighted by molar-refractivity contribution is 5.94. The highest BCUT2D eigenvalue weighted by Gasteiger charge is 2.41. The first-order valence-corrected chi connectivity index (χ1v) is 6.23. The van der Waals surface area contributed by atoms with Crippen LogP contribution in [-0.4, -0.2) is 36.3 Å². The normalized spacial score (nSPS) is 29.3. The Bertz CT molecular complexity index is 463. The fourth-order valence-corrected chi connectivity index (χ4v) is 2.76. The van der Waals surface area contributed by atoms with Gasteiger partial charge in [0.05, 0.1) is 25.4 Å². The molecule has 2 fully saturated rings. The maximum atomic E-state index is 11.6. The molecule has 2 bridgehead atoms. The second-order valence-electron chi connectivity index (χ2n) is 4.75. The lowest BCUT2D eigenvalue weighted by Crippen LogP contribution is -2.31. The number of pyridine rings is 1. The van der Waals surface area contributed by atoms with Gasteiger partial charge in [-0.15, -0.1) is 0 Å². The van der Waals surface area contributed by atoms with Crippen LogP contribution in [0.3, 0.4) is 0 Å². The van der Waals surface area contributed by atoms with Crippen LogP contribution in [0.25, 0.3) is 0 Å². The zero-order valence-electron chi connectivity index (χ0n) is 10.3. The molecule has 1 aromatic rings. The standard InChI is InChI=1S/C13H16N2O3/c1-17-13(16)9-3-2-6-14-12(9)15-10-7-8-4-5-11(10)18-8/h2-3,6,8,10-11H,4-5,7H2,1H3,(H,14,15). The van der Waals surface area contributed by atoms with E-state index in [-0.39, 0.29) is 18.1 Å². The molecule has 3 heterocycles. The smallest absolute Gasteiger partial charge is 0.341 e. The van der Waals surface area contributed by atoms with Gasteiger partial charge in [-0.2, -0.15) is 0 Å². The van der Waals surface area contributed by atoms with Gasteiger partial charge < -0.3 is 14.8 Å². The number of nitrogens with one attached hydrogen (secondary N) is 1. The maximum Gasteiger partial charge on any atom is 0.341 e. The molecule has 2 aliphatic heterocycles. The third-order valence-electron chi connectivity index (χ3n) is 3.64. The molecule has 0 aromatic carbocycles. The van der Waals surface area contributed by atoms with Gasteiger partial charge in [-0.3, -0.25) is 0 Å². The van der Waals surface area contributed by atoms with Gasteiger partial charge in [-0.25, -0.2) is 9.78 Å². The lowest BCUT2D eigenvalue weighted by molar-refractivity contribution is 0.0601. The van der Waals surface area contributed by atoms with Crippen molar-refractivity contribution in [3.05, 3.63) is 23.9 Å². The number of fused-ring (bicyclic) bond motifs is 2. The van der Waals surface area contributed by atoms with Gasteiger partial charge in [-0.1, -0.05) is 0 Å². The number of carbonyl (C=O) groups excluding carboxylic acids is 1. The first-order chi connectivity index (χ1) is 8.78. The van der Waals surface area contributed by atoms with Crippen molar-refractivity contribution in [1.82, 2.24) is 4.98 Å². The van der Waals surface area contributed by atoms with E-state index in [1.54, 1.807) is 18.3 Å². The molecule has 2 aliphatic rings. The predicted octanol–water partition coefficient (Wildman–Crippen LogP) is 1.60. The van der Waals surface area contributed by atoms with E-state index in [9.17, 15) is 4.79 Å². The van der Waals surface area contributed by atoms with Gasteiger partial charge >= 0.3 is 5.97 Å². The van der Waals surface area contributed by atoms with Crippen LogP contribution in [0.4, 0.5) is 5.82 Å². The predicted molar refractivity (Wildman–Crippen MR) is 65.5 cm³/mol. The number of aromatic nitrogens is 1. The SMILES string of the molecule is COC(=O)c1cccnc1NC1CC2CCC1O2. The second-order valence-corrected chi connectivity index (χ2v) is 4.75. The number of hydrogen-bond donors (Lipinski definition) is 1. The van der Waals surface area contributed by atoms with E-state index in [2.05, 4.69) is 10.3 Å². The van der Waals surface area contributed by atoms with Gasteiger partial charge in [0.25, 0.3) is 0 Å². The fourth-order valence-electron chi connectivity index (χ4n) is 2.76. The highest BCUT2D eigenvalue weighted by Crippen LogP contribution is 2.36. The quantitative estimate of drug-likeness (QED) is 0.823. The number of esters is 1. The van der Waals surface area contributed by atoms with Crippen LogP contribution < -0.4 is 5.32 Å². The molecule has 1 N–H and O–H groups in total. The Labute approximate surface area is 105 Å². The van der Waals surface area contributed by atoms with Gasteiger partial charge in [-0.05, 0) is 31.4 Å². The molecule has 3 rings (SSSR count). The van der Waals surface area contributed by atoms with Crippen molar-refractivity contribution in [2.45, 2.75) is 37.5 Å². The fraction of sp³-hybridized carbons (Fsp3) is 0.538. The van der Waals surface area contributed by atoms with Crippen molar-refractivity contribution in [3.8, 4) is 0 Å². The van der Waals surface area contributed by atoms with Crippen molar-refractivity contribution in [2.24, 2.45) is 0 Å². The van der Waals surface area contributed by atoms with Crippen LogP contribution in [0.2, 0.25) is 0 Å². The Balaban J connectivity index is 1.78. The number of carbonyl (C=O) groups is 1. The molecule has 5 nitrogen and oxygen atoms in total. The average Bonchev–Trinajstić information content (AvgIpc) is 3.01. The second kappa shape index (κ2) is 4.57. The van der Waals surface area contributed by atoms with E-state index in [1.807, 2.05) is 0 Å². The Hall–Kier alpha value is -1.62. The molecular weight excluding hydrogens is 232 g/mol. The average molecular weight is 248 g/mol. The minimum atomic E-state index is -0.366. The summed E-state index contributed by atoms with van der Waals surface area (Å²) in [7, 11) is 1.37. The number of hydrogen-bond acceptors (Lipinski definition) is 5. The molecule has 5 heteroatoms. The number of anilines is 1. The molecule has 1 aromatic heterocycles. The third kappa shape index (κ3) is 1.95. The van der Waals surface area contributed by atoms with E-state index in [0.29, 0.717) is 17.5 Å². The van der Waals surface area contributed by atoms with Crippen LogP contribution >= 0.6 is 0 Å². The summed E-state index contributed by atoms with van der Waals surface area (Å²) in [4.78, 5) is 15.9. The summed E-state index contributed by atoms with van der Waals surface area (Å²) >= 11 is 0. The molecule has 18 heavy (non-hydrogen) atoms. The molecule has 0 aliphatic carbocycles. The van der Waals surface area contributed by atoms with Crippen LogP contribution in [0.1, 0.15) is 29.6 Å². The summed E-state index contributed by atoms with van der Waals surface area (Å²) in [6.45, 7) is 0. The topological polar surface area (TPSA) is 60.5 Å². The van der Waals surface area contributed by atoms with Crippen molar-refractivity contribution >= 4 is 11.8 Å². The molecule has 3 unspecified atom stereocenters. The maximum absolute atomic E-state index is 11.6. The lowest BCUT2D eigenvalue weighted by Gasteiger charge is -2.21. The molecule has 0 radical (unpaired) electrons. The van der Waals surface area contributed by atoms with E-state index in [0.717, 1.165) is 19.3 Å². The Morgan fingerprint density at radius 1 is 1.56 bits per heavy atom. The van der Waals surface area contributed by atoms with Crippen molar-refractivity contribution < 1.29 is 14.3 Å². The Morgan fingerprint density at radius 3 is 3.11 bits per heavy atom. The number of nitrogens with zero attached hydrogens (tertiary/aromatic N) is 1. The zero-order chi connectivity index (χ0) is 12.5. The summed E-state index contributed by atoms with van der Waals surface area (Å²) in [5, 5.41) is 3.32. The van der Waals surface area contributed by atoms with Crippen molar-refractivity contribution in [3.63, 3.8) is 0 Å². The largest absolute Gasteiger partial charge is 0.465 e. The number of rotatable bonds is 3. The highest BCUT2D eigenvalue weighted by atomic mass is 16.5. The molecule has 0 amide bonds. The van der Waals surface area contributed by atoms with Crippen LogP contribution in [0, 0.1) is 0 Å². The molecule has 0 saturated carbocycles. The van der Waals surface area contributed by atoms with Crippen LogP contribution in [-0.2, 0) is 9.47 Å². The minimum Gasteiger partial charge on any atom is -0.465 e. The summed E-state index contributed by atoms with van der Waals surface area (Å²) in [5.41, 5.74) is 0.475. The summed E-state index contributed by atoms with van der Waals surface area (Å²) in [6.07, 6.45) is 5.52. The van der Waals surface area contributed by atoms with E-state index < -0.39 is 0 Å². The van der Waals surface area contributed by atoms with Crippen molar-refractivity contribution in [1.29, 1.82) is 0 Å². The van der Waals surface area contributed by atoms with Gasteiger partial charge in [0.1, 0.15) is 11.4 Å². The zero-order valence-corrected chi connectivity index (χ0v) is 10.3. The molecule has 2 saturated heterocycles. The Morgan fingerprint density at radius 2 is 2.44 bits per heavy atom. The first-order valence-electron chi connectivity index (χ1n) is 6.23. The van der Waals surface area contributed by atoms with E-state index in [4.69, 9.17) is 9.47 Å². The van der Waals surface area contributed by atoms with Crippen LogP contribution in [0.15, 0.2) is 18.3 Å². The summed E-state index contributed by atoms with van der Waals surface area (Å²) < 4.78 is 10.5. The van der Waals surface area contributed by atoms with Gasteiger partial charge in [0.2, 0.25) is 0 Å².